The molecule has 1 heterocycles. The lowest BCUT2D eigenvalue weighted by Crippen LogP contribution is -2.01. The molecule has 21 heavy (non-hydrogen) atoms. The number of benzene rings is 2. The summed E-state index contributed by atoms with van der Waals surface area (Å²) in [6.07, 6.45) is 0. The largest absolute Gasteiger partial charge is 0.489 e. The summed E-state index contributed by atoms with van der Waals surface area (Å²) in [5.74, 6) is 0.137. The summed E-state index contributed by atoms with van der Waals surface area (Å²) in [7, 11) is -3.57. The summed E-state index contributed by atoms with van der Waals surface area (Å²) >= 11 is 0. The summed E-state index contributed by atoms with van der Waals surface area (Å²) in [4.78, 5) is 0.00545. The van der Waals surface area contributed by atoms with E-state index in [0.29, 0.717) is 16.9 Å². The van der Waals surface area contributed by atoms with Gasteiger partial charge in [0.05, 0.1) is 4.90 Å². The first kappa shape index (κ1) is 13.8. The molecule has 0 saturated heterocycles. The van der Waals surface area contributed by atoms with Crippen LogP contribution in [0.1, 0.15) is 11.1 Å². The lowest BCUT2D eigenvalue weighted by molar-refractivity contribution is 0.367. The first-order chi connectivity index (χ1) is 9.97. The minimum atomic E-state index is -3.57. The van der Waals surface area contributed by atoms with Gasteiger partial charge in [-0.15, -0.1) is 0 Å². The Balaban J connectivity index is 1.90. The standard InChI is InChI=1S/C16H13FO3S/c1-11-4-2-3-5-15(11)20-9-12-10-21(18,19)16-8-13(17)6-7-14(12)16/h2-8,10H,9H2,1H3. The molecular formula is C16H13FO3S. The van der Waals surface area contributed by atoms with E-state index in [4.69, 9.17) is 4.74 Å². The molecule has 5 heteroatoms. The van der Waals surface area contributed by atoms with Crippen LogP contribution in [0.5, 0.6) is 5.75 Å². The van der Waals surface area contributed by atoms with Gasteiger partial charge in [-0.1, -0.05) is 24.3 Å². The number of hydrogen-bond acceptors (Lipinski definition) is 3. The fourth-order valence-corrected chi connectivity index (χ4v) is 3.78. The maximum Gasteiger partial charge on any atom is 0.200 e. The second-order valence-corrected chi connectivity index (χ2v) is 6.65. The van der Waals surface area contributed by atoms with E-state index in [0.717, 1.165) is 17.0 Å². The van der Waals surface area contributed by atoms with Crippen LogP contribution in [-0.4, -0.2) is 15.0 Å². The molecule has 1 aliphatic heterocycles. The quantitative estimate of drug-likeness (QED) is 0.873. The van der Waals surface area contributed by atoms with Crippen LogP contribution in [0.25, 0.3) is 5.57 Å². The Morgan fingerprint density at radius 2 is 1.90 bits per heavy atom. The maximum absolute atomic E-state index is 13.2. The molecule has 3 rings (SSSR count). The molecule has 0 unspecified atom stereocenters. The second kappa shape index (κ2) is 5.00. The van der Waals surface area contributed by atoms with Crippen LogP contribution in [0.3, 0.4) is 0 Å². The van der Waals surface area contributed by atoms with E-state index in [1.54, 1.807) is 0 Å². The van der Waals surface area contributed by atoms with Gasteiger partial charge in [0.1, 0.15) is 18.2 Å². The monoisotopic (exact) mass is 304 g/mol. The number of aryl methyl sites for hydroxylation is 1. The van der Waals surface area contributed by atoms with E-state index in [2.05, 4.69) is 0 Å². The van der Waals surface area contributed by atoms with Crippen molar-refractivity contribution in [3.63, 3.8) is 0 Å². The summed E-state index contributed by atoms with van der Waals surface area (Å²) in [6, 6.07) is 11.3. The van der Waals surface area contributed by atoms with Crippen molar-refractivity contribution in [3.8, 4) is 5.75 Å². The topological polar surface area (TPSA) is 43.4 Å². The van der Waals surface area contributed by atoms with Crippen molar-refractivity contribution in [1.29, 1.82) is 0 Å². The zero-order valence-corrected chi connectivity index (χ0v) is 12.2. The second-order valence-electron chi connectivity index (χ2n) is 4.88. The molecule has 1 aliphatic rings. The maximum atomic E-state index is 13.2. The first-order valence-corrected chi connectivity index (χ1v) is 7.96. The Hall–Kier alpha value is -2.14. The zero-order valence-electron chi connectivity index (χ0n) is 11.3. The van der Waals surface area contributed by atoms with Gasteiger partial charge in [0, 0.05) is 16.5 Å². The molecule has 0 saturated carbocycles. The molecule has 2 aromatic rings. The summed E-state index contributed by atoms with van der Waals surface area (Å²) in [5, 5.41) is 1.15. The van der Waals surface area contributed by atoms with Crippen molar-refractivity contribution in [2.24, 2.45) is 0 Å². The molecule has 3 nitrogen and oxygen atoms in total. The Labute approximate surface area is 122 Å². The highest BCUT2D eigenvalue weighted by Gasteiger charge is 2.27. The molecule has 0 spiro atoms. The predicted octanol–water partition coefficient (Wildman–Crippen LogP) is 3.34. The van der Waals surface area contributed by atoms with E-state index >= 15 is 0 Å². The van der Waals surface area contributed by atoms with Gasteiger partial charge in [-0.3, -0.25) is 0 Å². The lowest BCUT2D eigenvalue weighted by Gasteiger charge is -2.10. The molecule has 0 fully saturated rings. The third-order valence-electron chi connectivity index (χ3n) is 3.37. The van der Waals surface area contributed by atoms with Gasteiger partial charge >= 0.3 is 0 Å². The van der Waals surface area contributed by atoms with Crippen molar-refractivity contribution in [3.05, 3.63) is 64.8 Å². The number of sulfone groups is 1. The Kier molecular flexibility index (Phi) is 3.29. The van der Waals surface area contributed by atoms with Crippen molar-refractivity contribution in [2.75, 3.05) is 6.61 Å². The molecule has 2 aromatic carbocycles. The summed E-state index contributed by atoms with van der Waals surface area (Å²) in [5.41, 5.74) is 2.01. The normalized spacial score (nSPS) is 15.4. The molecule has 0 radical (unpaired) electrons. The van der Waals surface area contributed by atoms with Crippen LogP contribution < -0.4 is 4.74 Å². The molecule has 0 bridgehead atoms. The molecule has 0 amide bonds. The SMILES string of the molecule is Cc1ccccc1OCC1=CS(=O)(=O)c2cc(F)ccc21. The number of ether oxygens (including phenoxy) is 1. The van der Waals surface area contributed by atoms with Gasteiger partial charge in [-0.05, 0) is 30.7 Å². The van der Waals surface area contributed by atoms with Crippen molar-refractivity contribution >= 4 is 15.4 Å². The van der Waals surface area contributed by atoms with Crippen molar-refractivity contribution in [2.45, 2.75) is 11.8 Å². The third-order valence-corrected chi connectivity index (χ3v) is 4.92. The Bertz CT molecular complexity index is 838. The first-order valence-electron chi connectivity index (χ1n) is 6.41. The summed E-state index contributed by atoms with van der Waals surface area (Å²) in [6.45, 7) is 2.04. The van der Waals surface area contributed by atoms with Crippen LogP contribution in [0, 0.1) is 12.7 Å². The summed E-state index contributed by atoms with van der Waals surface area (Å²) < 4.78 is 42.9. The van der Waals surface area contributed by atoms with E-state index in [1.165, 1.54) is 12.1 Å². The fourth-order valence-electron chi connectivity index (χ4n) is 2.30. The van der Waals surface area contributed by atoms with E-state index in [9.17, 15) is 12.8 Å². The molecule has 0 aliphatic carbocycles. The average molecular weight is 304 g/mol. The molecule has 0 N–H and O–H groups in total. The minimum absolute atomic E-state index is 0.00545. The number of para-hydroxylation sites is 1. The number of hydrogen-bond donors (Lipinski definition) is 0. The van der Waals surface area contributed by atoms with Crippen LogP contribution in [-0.2, 0) is 9.84 Å². The van der Waals surface area contributed by atoms with Gasteiger partial charge in [-0.25, -0.2) is 12.8 Å². The van der Waals surface area contributed by atoms with E-state index in [1.807, 2.05) is 31.2 Å². The van der Waals surface area contributed by atoms with Gasteiger partial charge in [0.2, 0.25) is 9.84 Å². The van der Waals surface area contributed by atoms with Crippen molar-refractivity contribution < 1.29 is 17.5 Å². The highest BCUT2D eigenvalue weighted by atomic mass is 32.2. The molecular weight excluding hydrogens is 291 g/mol. The van der Waals surface area contributed by atoms with E-state index in [-0.39, 0.29) is 11.5 Å². The molecule has 0 aromatic heterocycles. The number of fused-ring (bicyclic) bond motifs is 1. The molecule has 108 valence electrons. The van der Waals surface area contributed by atoms with Gasteiger partial charge in [0.25, 0.3) is 0 Å². The smallest absolute Gasteiger partial charge is 0.200 e. The Morgan fingerprint density at radius 3 is 2.67 bits per heavy atom. The van der Waals surface area contributed by atoms with Crippen molar-refractivity contribution in [1.82, 2.24) is 0 Å². The highest BCUT2D eigenvalue weighted by Crippen LogP contribution is 2.34. The van der Waals surface area contributed by atoms with Gasteiger partial charge in [0.15, 0.2) is 0 Å². The lowest BCUT2D eigenvalue weighted by atomic mass is 10.1. The third kappa shape index (κ3) is 2.56. The molecule has 0 atom stereocenters. The minimum Gasteiger partial charge on any atom is -0.489 e. The average Bonchev–Trinajstić information content (AvgIpc) is 2.69. The van der Waals surface area contributed by atoms with E-state index < -0.39 is 15.7 Å². The van der Waals surface area contributed by atoms with Crippen LogP contribution in [0.2, 0.25) is 0 Å². The Morgan fingerprint density at radius 1 is 1.14 bits per heavy atom. The van der Waals surface area contributed by atoms with Crippen LogP contribution in [0.15, 0.2) is 52.8 Å². The highest BCUT2D eigenvalue weighted by molar-refractivity contribution is 7.95. The number of halogens is 1. The van der Waals surface area contributed by atoms with Gasteiger partial charge in [-0.2, -0.15) is 0 Å². The zero-order chi connectivity index (χ0) is 15.0. The predicted molar refractivity (Wildman–Crippen MR) is 78.2 cm³/mol. The van der Waals surface area contributed by atoms with Crippen LogP contribution >= 0.6 is 0 Å². The number of rotatable bonds is 3. The van der Waals surface area contributed by atoms with Crippen LogP contribution in [0.4, 0.5) is 4.39 Å². The van der Waals surface area contributed by atoms with Gasteiger partial charge < -0.3 is 4.74 Å². The fraction of sp³-hybridized carbons (Fsp3) is 0.125.